The monoisotopic (exact) mass is 452 g/mol. The molecule has 8 heteroatoms. The Hall–Kier alpha value is -2.09. The summed E-state index contributed by atoms with van der Waals surface area (Å²) in [5.41, 5.74) is -0.373. The smallest absolute Gasteiger partial charge is 0.416 e. The summed E-state index contributed by atoms with van der Waals surface area (Å²) < 4.78 is 44.9. The second-order valence-corrected chi connectivity index (χ2v) is 10.5. The number of fused-ring (bicyclic) bond motifs is 2. The van der Waals surface area contributed by atoms with Crippen LogP contribution in [-0.2, 0) is 33.5 Å². The van der Waals surface area contributed by atoms with E-state index in [1.165, 1.54) is 12.1 Å². The van der Waals surface area contributed by atoms with Gasteiger partial charge in [-0.1, -0.05) is 6.07 Å². The van der Waals surface area contributed by atoms with E-state index in [-0.39, 0.29) is 30.3 Å². The normalized spacial score (nSPS) is 27.8. The number of carbonyl (C=O) groups is 2. The summed E-state index contributed by atoms with van der Waals surface area (Å²) in [4.78, 5) is 27.8. The molecule has 0 bridgehead atoms. The van der Waals surface area contributed by atoms with Gasteiger partial charge in [0.1, 0.15) is 5.60 Å². The standard InChI is InChI=1S/C24H31F3N2O3/c1-22(2,3)32-20(30)9-15-8-19-12-28-14-23(19,11-15)21(31)29-7-6-16-4-5-18(24(25,26)27)10-17(16)13-29/h4-5,10,15,19,28H,6-9,11-14H2,1-3H3/t15-,19-,23-/m0/s1. The van der Waals surface area contributed by atoms with Gasteiger partial charge in [-0.05, 0) is 81.7 Å². The second kappa shape index (κ2) is 8.04. The number of esters is 1. The number of benzene rings is 1. The van der Waals surface area contributed by atoms with Crippen molar-refractivity contribution in [3.8, 4) is 0 Å². The maximum Gasteiger partial charge on any atom is 0.416 e. The highest BCUT2D eigenvalue weighted by atomic mass is 19.4. The van der Waals surface area contributed by atoms with Gasteiger partial charge in [-0.2, -0.15) is 13.2 Å². The van der Waals surface area contributed by atoms with Gasteiger partial charge in [-0.3, -0.25) is 9.59 Å². The van der Waals surface area contributed by atoms with Crippen LogP contribution in [0.5, 0.6) is 0 Å². The van der Waals surface area contributed by atoms with Crippen LogP contribution in [-0.4, -0.2) is 42.0 Å². The molecule has 3 atom stereocenters. The minimum Gasteiger partial charge on any atom is -0.460 e. The maximum atomic E-state index is 13.7. The van der Waals surface area contributed by atoms with Gasteiger partial charge in [0, 0.05) is 26.1 Å². The van der Waals surface area contributed by atoms with Crippen molar-refractivity contribution in [2.45, 2.75) is 64.8 Å². The average Bonchev–Trinajstić information content (AvgIpc) is 3.22. The molecular formula is C24H31F3N2O3. The number of alkyl halides is 3. The van der Waals surface area contributed by atoms with E-state index in [9.17, 15) is 22.8 Å². The molecule has 1 amide bonds. The molecule has 0 unspecified atom stereocenters. The Balaban J connectivity index is 1.48. The Labute approximate surface area is 186 Å². The van der Waals surface area contributed by atoms with Crippen LogP contribution >= 0.6 is 0 Å². The quantitative estimate of drug-likeness (QED) is 0.706. The first-order valence-corrected chi connectivity index (χ1v) is 11.3. The third kappa shape index (κ3) is 4.51. The van der Waals surface area contributed by atoms with Gasteiger partial charge in [0.05, 0.1) is 11.0 Å². The van der Waals surface area contributed by atoms with Crippen molar-refractivity contribution in [3.63, 3.8) is 0 Å². The Kier molecular flexibility index (Phi) is 5.80. The molecule has 32 heavy (non-hydrogen) atoms. The van der Waals surface area contributed by atoms with E-state index in [4.69, 9.17) is 4.74 Å². The van der Waals surface area contributed by atoms with Crippen LogP contribution < -0.4 is 5.32 Å². The lowest BCUT2D eigenvalue weighted by atomic mass is 9.78. The minimum atomic E-state index is -4.40. The van der Waals surface area contributed by atoms with Crippen LogP contribution in [0, 0.1) is 17.3 Å². The third-order valence-corrected chi connectivity index (χ3v) is 7.02. The first kappa shape index (κ1) is 23.1. The molecule has 5 nitrogen and oxygen atoms in total. The van der Waals surface area contributed by atoms with Crippen LogP contribution in [0.25, 0.3) is 0 Å². The highest BCUT2D eigenvalue weighted by molar-refractivity contribution is 5.85. The fourth-order valence-corrected chi connectivity index (χ4v) is 5.69. The van der Waals surface area contributed by atoms with E-state index in [1.807, 2.05) is 20.8 Å². The van der Waals surface area contributed by atoms with Gasteiger partial charge in [0.25, 0.3) is 0 Å². The molecule has 2 heterocycles. The third-order valence-electron chi connectivity index (χ3n) is 7.02. The zero-order valence-electron chi connectivity index (χ0n) is 18.8. The number of carbonyl (C=O) groups excluding carboxylic acids is 2. The van der Waals surface area contributed by atoms with Crippen LogP contribution in [0.1, 0.15) is 56.7 Å². The molecule has 176 valence electrons. The van der Waals surface area contributed by atoms with Gasteiger partial charge in [-0.25, -0.2) is 0 Å². The van der Waals surface area contributed by atoms with Crippen molar-refractivity contribution in [1.29, 1.82) is 0 Å². The molecular weight excluding hydrogens is 421 g/mol. The average molecular weight is 453 g/mol. The molecule has 1 aromatic rings. The van der Waals surface area contributed by atoms with Crippen LogP contribution in [0.15, 0.2) is 18.2 Å². The highest BCUT2D eigenvalue weighted by Crippen LogP contribution is 2.51. The molecule has 1 saturated carbocycles. The topological polar surface area (TPSA) is 58.6 Å². The summed E-state index contributed by atoms with van der Waals surface area (Å²) in [5.74, 6) is -0.0352. The summed E-state index contributed by atoms with van der Waals surface area (Å²) in [6.07, 6.45) is -2.18. The Morgan fingerprint density at radius 3 is 2.66 bits per heavy atom. The second-order valence-electron chi connectivity index (χ2n) is 10.5. The summed E-state index contributed by atoms with van der Waals surface area (Å²) in [5, 5.41) is 3.33. The Bertz CT molecular complexity index is 909. The largest absolute Gasteiger partial charge is 0.460 e. The minimum absolute atomic E-state index is 0.00208. The van der Waals surface area contributed by atoms with Gasteiger partial charge in [0.2, 0.25) is 5.91 Å². The molecule has 0 aromatic heterocycles. The van der Waals surface area contributed by atoms with Gasteiger partial charge in [0.15, 0.2) is 0 Å². The predicted molar refractivity (Wildman–Crippen MR) is 113 cm³/mol. The number of nitrogens with one attached hydrogen (secondary N) is 1. The van der Waals surface area contributed by atoms with Crippen LogP contribution in [0.3, 0.4) is 0 Å². The Morgan fingerprint density at radius 1 is 1.22 bits per heavy atom. The van der Waals surface area contributed by atoms with E-state index in [0.29, 0.717) is 37.9 Å². The zero-order chi connectivity index (χ0) is 23.3. The fourth-order valence-electron chi connectivity index (χ4n) is 5.69. The number of nitrogens with zero attached hydrogens (tertiary/aromatic N) is 1. The number of halogens is 3. The lowest BCUT2D eigenvalue weighted by Gasteiger charge is -2.37. The lowest BCUT2D eigenvalue weighted by Crippen LogP contribution is -2.48. The summed E-state index contributed by atoms with van der Waals surface area (Å²) in [6, 6.07) is 3.82. The number of amides is 1. The molecule has 3 aliphatic rings. The molecule has 1 saturated heterocycles. The molecule has 0 radical (unpaired) electrons. The molecule has 1 N–H and O–H groups in total. The predicted octanol–water partition coefficient (Wildman–Crippen LogP) is 3.94. The van der Waals surface area contributed by atoms with Gasteiger partial charge < -0.3 is 15.0 Å². The maximum absolute atomic E-state index is 13.7. The van der Waals surface area contributed by atoms with E-state index in [2.05, 4.69) is 5.32 Å². The molecule has 1 aromatic carbocycles. The summed E-state index contributed by atoms with van der Waals surface area (Å²) >= 11 is 0. The molecule has 4 rings (SSSR count). The lowest BCUT2D eigenvalue weighted by molar-refractivity contribution is -0.156. The molecule has 2 fully saturated rings. The molecule has 1 aliphatic carbocycles. The number of ether oxygens (including phenoxy) is 1. The first-order valence-electron chi connectivity index (χ1n) is 11.3. The van der Waals surface area contributed by atoms with E-state index < -0.39 is 22.8 Å². The van der Waals surface area contributed by atoms with Crippen molar-refractivity contribution in [2.75, 3.05) is 19.6 Å². The number of hydrogen-bond donors (Lipinski definition) is 1. The molecule has 0 spiro atoms. The number of hydrogen-bond acceptors (Lipinski definition) is 4. The first-order chi connectivity index (χ1) is 14.9. The van der Waals surface area contributed by atoms with Crippen molar-refractivity contribution < 1.29 is 27.5 Å². The van der Waals surface area contributed by atoms with Crippen molar-refractivity contribution in [1.82, 2.24) is 10.2 Å². The zero-order valence-corrected chi connectivity index (χ0v) is 18.8. The van der Waals surface area contributed by atoms with Gasteiger partial charge >= 0.3 is 12.1 Å². The van der Waals surface area contributed by atoms with Crippen LogP contribution in [0.2, 0.25) is 0 Å². The van der Waals surface area contributed by atoms with Crippen molar-refractivity contribution >= 4 is 11.9 Å². The summed E-state index contributed by atoms with van der Waals surface area (Å²) in [6.45, 7) is 7.48. The number of rotatable bonds is 3. The molecule has 2 aliphatic heterocycles. The van der Waals surface area contributed by atoms with Gasteiger partial charge in [-0.15, -0.1) is 0 Å². The van der Waals surface area contributed by atoms with E-state index in [1.54, 1.807) is 4.90 Å². The SMILES string of the molecule is CC(C)(C)OC(=O)C[C@@H]1C[C@H]2CNC[C@@]2(C(=O)N2CCc3ccc(C(F)(F)F)cc3C2)C1. The highest BCUT2D eigenvalue weighted by Gasteiger charge is 2.56. The van der Waals surface area contributed by atoms with E-state index >= 15 is 0 Å². The van der Waals surface area contributed by atoms with Crippen LogP contribution in [0.4, 0.5) is 13.2 Å². The fraction of sp³-hybridized carbons (Fsp3) is 0.667. The van der Waals surface area contributed by atoms with Crippen molar-refractivity contribution in [2.24, 2.45) is 17.3 Å². The van der Waals surface area contributed by atoms with E-state index in [0.717, 1.165) is 24.6 Å². The van der Waals surface area contributed by atoms with Crippen molar-refractivity contribution in [3.05, 3.63) is 34.9 Å². The Morgan fingerprint density at radius 2 is 1.97 bits per heavy atom. The summed E-state index contributed by atoms with van der Waals surface area (Å²) in [7, 11) is 0.